The van der Waals surface area contributed by atoms with E-state index in [0.29, 0.717) is 6.54 Å². The first-order chi connectivity index (χ1) is 7.56. The highest BCUT2D eigenvalue weighted by molar-refractivity contribution is 6.29. The van der Waals surface area contributed by atoms with Crippen LogP contribution in [0.2, 0.25) is 0 Å². The van der Waals surface area contributed by atoms with E-state index in [4.69, 9.17) is 16.3 Å². The predicted molar refractivity (Wildman–Crippen MR) is 68.4 cm³/mol. The Balaban J connectivity index is 4.96. The van der Waals surface area contributed by atoms with E-state index in [1.807, 2.05) is 0 Å². The number of ether oxygens (including phenoxy) is 1. The molecule has 0 aliphatic rings. The molecular weight excluding hydrogens is 242 g/mol. The van der Waals surface area contributed by atoms with E-state index in [0.717, 1.165) is 0 Å². The fourth-order valence-electron chi connectivity index (χ4n) is 1.38. The van der Waals surface area contributed by atoms with Crippen LogP contribution in [0.15, 0.2) is 0 Å². The number of rotatable bonds is 4. The third-order valence-corrected chi connectivity index (χ3v) is 2.65. The number of likely N-dealkylation sites (N-methyl/N-ethyl adjacent to an activating group) is 1. The zero-order chi connectivity index (χ0) is 13.9. The van der Waals surface area contributed by atoms with Crippen molar-refractivity contribution < 1.29 is 14.3 Å². The van der Waals surface area contributed by atoms with Crippen molar-refractivity contribution in [2.24, 2.45) is 0 Å². The monoisotopic (exact) mass is 263 g/mol. The number of ketones is 1. The number of alkyl halides is 1. The van der Waals surface area contributed by atoms with Crippen LogP contribution in [0.3, 0.4) is 0 Å². The van der Waals surface area contributed by atoms with Crippen molar-refractivity contribution in [3.63, 3.8) is 0 Å². The van der Waals surface area contributed by atoms with Crippen LogP contribution in [-0.2, 0) is 9.53 Å². The lowest BCUT2D eigenvalue weighted by atomic mass is 9.98. The van der Waals surface area contributed by atoms with E-state index in [2.05, 4.69) is 0 Å². The predicted octanol–water partition coefficient (Wildman–Crippen LogP) is 2.83. The molecule has 0 heterocycles. The van der Waals surface area contributed by atoms with Gasteiger partial charge in [-0.3, -0.25) is 9.69 Å². The van der Waals surface area contributed by atoms with Crippen LogP contribution in [0.5, 0.6) is 0 Å². The standard InChI is InChI=1S/C12H22ClNO3/c1-7-14(10(16)17-11(2,3)4)12(5,6)9(15)8-13/h7-8H2,1-6H3. The molecule has 17 heavy (non-hydrogen) atoms. The van der Waals surface area contributed by atoms with Gasteiger partial charge >= 0.3 is 6.09 Å². The van der Waals surface area contributed by atoms with Gasteiger partial charge in [-0.15, -0.1) is 11.6 Å². The molecule has 0 rings (SSSR count). The summed E-state index contributed by atoms with van der Waals surface area (Å²) in [6.07, 6.45) is -0.497. The number of nitrogens with zero attached hydrogens (tertiary/aromatic N) is 1. The van der Waals surface area contributed by atoms with Gasteiger partial charge < -0.3 is 4.74 Å². The lowest BCUT2D eigenvalue weighted by Crippen LogP contribution is -2.54. The number of hydrogen-bond acceptors (Lipinski definition) is 3. The van der Waals surface area contributed by atoms with Crippen LogP contribution in [0.1, 0.15) is 41.5 Å². The summed E-state index contributed by atoms with van der Waals surface area (Å²) < 4.78 is 5.26. The maximum absolute atomic E-state index is 12.0. The summed E-state index contributed by atoms with van der Waals surface area (Å²) in [5, 5.41) is 0. The van der Waals surface area contributed by atoms with Crippen molar-refractivity contribution in [3.05, 3.63) is 0 Å². The minimum absolute atomic E-state index is 0.119. The summed E-state index contributed by atoms with van der Waals surface area (Å²) in [7, 11) is 0. The second kappa shape index (κ2) is 5.71. The van der Waals surface area contributed by atoms with E-state index in [9.17, 15) is 9.59 Å². The first-order valence-corrected chi connectivity index (χ1v) is 6.19. The van der Waals surface area contributed by atoms with Gasteiger partial charge in [0, 0.05) is 6.54 Å². The molecule has 0 aromatic heterocycles. The second-order valence-corrected chi connectivity index (χ2v) is 5.61. The molecule has 0 spiro atoms. The molecular formula is C12H22ClNO3. The molecule has 0 aliphatic carbocycles. The van der Waals surface area contributed by atoms with Gasteiger partial charge in [0.2, 0.25) is 0 Å². The SMILES string of the molecule is CCN(C(=O)OC(C)(C)C)C(C)(C)C(=O)CCl. The van der Waals surface area contributed by atoms with Gasteiger partial charge in [-0.25, -0.2) is 4.79 Å². The second-order valence-electron chi connectivity index (χ2n) is 5.34. The Bertz CT molecular complexity index is 295. The molecule has 0 radical (unpaired) electrons. The van der Waals surface area contributed by atoms with Crippen molar-refractivity contribution in [1.29, 1.82) is 0 Å². The number of Topliss-reactive ketones (excluding diaryl/α,β-unsaturated/α-hetero) is 1. The number of carbonyl (C=O) groups excluding carboxylic acids is 2. The first kappa shape index (κ1) is 16.2. The van der Waals surface area contributed by atoms with Crippen molar-refractivity contribution in [2.75, 3.05) is 12.4 Å². The normalized spacial score (nSPS) is 12.2. The topological polar surface area (TPSA) is 46.6 Å². The summed E-state index contributed by atoms with van der Waals surface area (Å²) in [5.41, 5.74) is -1.52. The van der Waals surface area contributed by atoms with Crippen LogP contribution in [0.25, 0.3) is 0 Å². The van der Waals surface area contributed by atoms with Crippen molar-refractivity contribution >= 4 is 23.5 Å². The van der Waals surface area contributed by atoms with Gasteiger partial charge in [-0.05, 0) is 41.5 Å². The van der Waals surface area contributed by atoms with Crippen LogP contribution >= 0.6 is 11.6 Å². The summed E-state index contributed by atoms with van der Waals surface area (Å²) in [4.78, 5) is 25.1. The summed E-state index contributed by atoms with van der Waals surface area (Å²) in [6.45, 7) is 10.9. The number of hydrogen-bond donors (Lipinski definition) is 0. The Kier molecular flexibility index (Phi) is 5.46. The summed E-state index contributed by atoms with van der Waals surface area (Å²) in [5.74, 6) is -0.321. The van der Waals surface area contributed by atoms with E-state index < -0.39 is 17.2 Å². The van der Waals surface area contributed by atoms with Crippen molar-refractivity contribution in [1.82, 2.24) is 4.90 Å². The fraction of sp³-hybridized carbons (Fsp3) is 0.833. The molecule has 0 aromatic carbocycles. The average molecular weight is 264 g/mol. The van der Waals surface area contributed by atoms with Crippen LogP contribution in [0.4, 0.5) is 4.79 Å². The highest BCUT2D eigenvalue weighted by atomic mass is 35.5. The zero-order valence-corrected chi connectivity index (χ0v) is 12.2. The number of halogens is 1. The minimum atomic E-state index is -0.946. The Morgan fingerprint density at radius 1 is 1.18 bits per heavy atom. The van der Waals surface area contributed by atoms with Crippen molar-refractivity contribution in [3.8, 4) is 0 Å². The summed E-state index contributed by atoms with van der Waals surface area (Å²) in [6, 6.07) is 0. The molecule has 100 valence electrons. The Labute approximate surface area is 108 Å². The van der Waals surface area contributed by atoms with E-state index >= 15 is 0 Å². The molecule has 0 aromatic rings. The van der Waals surface area contributed by atoms with Crippen LogP contribution < -0.4 is 0 Å². The Morgan fingerprint density at radius 3 is 1.94 bits per heavy atom. The molecule has 0 N–H and O–H groups in total. The largest absolute Gasteiger partial charge is 0.444 e. The van der Waals surface area contributed by atoms with E-state index in [1.165, 1.54) is 4.90 Å². The quantitative estimate of drug-likeness (QED) is 0.733. The molecule has 0 bridgehead atoms. The maximum atomic E-state index is 12.0. The highest BCUT2D eigenvalue weighted by Gasteiger charge is 2.38. The first-order valence-electron chi connectivity index (χ1n) is 5.66. The highest BCUT2D eigenvalue weighted by Crippen LogP contribution is 2.20. The molecule has 0 aliphatic heterocycles. The fourth-order valence-corrected chi connectivity index (χ4v) is 1.71. The lowest BCUT2D eigenvalue weighted by Gasteiger charge is -2.37. The number of amides is 1. The van der Waals surface area contributed by atoms with Gasteiger partial charge in [-0.1, -0.05) is 0 Å². The van der Waals surface area contributed by atoms with Gasteiger partial charge in [0.1, 0.15) is 11.1 Å². The van der Waals surface area contributed by atoms with E-state index in [-0.39, 0.29) is 11.7 Å². The third-order valence-electron chi connectivity index (χ3n) is 2.41. The van der Waals surface area contributed by atoms with Crippen LogP contribution in [0, 0.1) is 0 Å². The van der Waals surface area contributed by atoms with Gasteiger partial charge in [-0.2, -0.15) is 0 Å². The van der Waals surface area contributed by atoms with E-state index in [1.54, 1.807) is 41.5 Å². The molecule has 0 fully saturated rings. The van der Waals surface area contributed by atoms with Gasteiger partial charge in [0.15, 0.2) is 5.78 Å². The zero-order valence-electron chi connectivity index (χ0n) is 11.5. The molecule has 4 nitrogen and oxygen atoms in total. The van der Waals surface area contributed by atoms with Crippen LogP contribution in [-0.4, -0.2) is 40.3 Å². The minimum Gasteiger partial charge on any atom is -0.444 e. The Hall–Kier alpha value is -0.770. The average Bonchev–Trinajstić information content (AvgIpc) is 2.14. The third kappa shape index (κ3) is 4.54. The van der Waals surface area contributed by atoms with Crippen molar-refractivity contribution in [2.45, 2.75) is 52.7 Å². The molecule has 0 unspecified atom stereocenters. The molecule has 0 atom stereocenters. The van der Waals surface area contributed by atoms with Gasteiger partial charge in [0.25, 0.3) is 0 Å². The molecule has 0 saturated heterocycles. The number of carbonyl (C=O) groups is 2. The molecule has 0 saturated carbocycles. The maximum Gasteiger partial charge on any atom is 0.411 e. The Morgan fingerprint density at radius 2 is 1.65 bits per heavy atom. The summed E-state index contributed by atoms with van der Waals surface area (Å²) >= 11 is 5.55. The molecule has 1 amide bonds. The smallest absolute Gasteiger partial charge is 0.411 e. The molecule has 5 heteroatoms. The lowest BCUT2D eigenvalue weighted by molar-refractivity contribution is -0.126. The van der Waals surface area contributed by atoms with Gasteiger partial charge in [0.05, 0.1) is 5.88 Å².